The van der Waals surface area contributed by atoms with Gasteiger partial charge in [0.1, 0.15) is 0 Å². The summed E-state index contributed by atoms with van der Waals surface area (Å²) in [5.74, 6) is 0.773. The van der Waals surface area contributed by atoms with Crippen molar-refractivity contribution in [2.45, 2.75) is 33.1 Å². The fourth-order valence-corrected chi connectivity index (χ4v) is 1.37. The summed E-state index contributed by atoms with van der Waals surface area (Å²) in [5, 5.41) is 0. The molecule has 0 N–H and O–H groups in total. The molecule has 2 aliphatic rings. The predicted molar refractivity (Wildman–Crippen MR) is 73.2 cm³/mol. The maximum atomic E-state index is 4.93. The Hall–Kier alpha value is 0.423. The number of rotatable bonds is 2. The zero-order chi connectivity index (χ0) is 12.9. The van der Waals surface area contributed by atoms with Crippen molar-refractivity contribution in [3.63, 3.8) is 0 Å². The minimum absolute atomic E-state index is 0.773. The molecule has 0 bridgehead atoms. The van der Waals surface area contributed by atoms with Crippen LogP contribution in [0.3, 0.4) is 0 Å². The van der Waals surface area contributed by atoms with Gasteiger partial charge in [0.2, 0.25) is 0 Å². The average molecular weight is 348 g/mol. The topological polar surface area (TPSA) is 0 Å². The normalized spacial score (nSPS) is 14.8. The quantitative estimate of drug-likeness (QED) is 0.586. The van der Waals surface area contributed by atoms with Crippen LogP contribution < -0.4 is 0 Å². The maximum absolute atomic E-state index is 4.93. The van der Waals surface area contributed by atoms with Crippen LogP contribution in [0.5, 0.6) is 0 Å². The molecular weight excluding hydrogens is 330 g/mol. The molecule has 0 atom stereocenters. The molecule has 0 heterocycles. The van der Waals surface area contributed by atoms with Gasteiger partial charge in [0.25, 0.3) is 0 Å². The van der Waals surface area contributed by atoms with Gasteiger partial charge < -0.3 is 0 Å². The Morgan fingerprint density at radius 2 is 2.00 bits per heavy atom. The molecule has 0 saturated carbocycles. The molecule has 92 valence electrons. The van der Waals surface area contributed by atoms with Gasteiger partial charge in [-0.2, -0.15) is 12.2 Å². The van der Waals surface area contributed by atoms with Crippen molar-refractivity contribution in [1.29, 1.82) is 0 Å². The standard InChI is InChI=1S/C9H13.C5H5.2ClH.Zr/c1-8(2)7-9-5-3-4-6-9;1-2-4-5-3-1;;;/h3,5,8H,4,7H2,1-2H3;1-3H,4H2;2*1H;/q2*-1;;;+4/p-2. The molecule has 17 heavy (non-hydrogen) atoms. The Kier molecular flexibility index (Phi) is 13.2. The molecule has 0 aliphatic heterocycles. The first kappa shape index (κ1) is 17.4. The molecule has 0 aromatic rings. The molecule has 0 saturated heterocycles. The van der Waals surface area contributed by atoms with Crippen LogP contribution in [0.1, 0.15) is 33.1 Å². The van der Waals surface area contributed by atoms with Crippen LogP contribution in [0.15, 0.2) is 36.0 Å². The van der Waals surface area contributed by atoms with E-state index in [9.17, 15) is 0 Å². The fourth-order valence-electron chi connectivity index (χ4n) is 1.37. The molecular formula is C14H18Cl2Zr. The molecule has 0 radical (unpaired) electrons. The molecule has 0 unspecified atom stereocenters. The van der Waals surface area contributed by atoms with E-state index in [2.05, 4.69) is 44.2 Å². The summed E-state index contributed by atoms with van der Waals surface area (Å²) in [4.78, 5) is 0. The van der Waals surface area contributed by atoms with Gasteiger partial charge in [0, 0.05) is 0 Å². The van der Waals surface area contributed by atoms with Crippen molar-refractivity contribution in [3.05, 3.63) is 48.1 Å². The van der Waals surface area contributed by atoms with E-state index >= 15 is 0 Å². The van der Waals surface area contributed by atoms with Gasteiger partial charge in [-0.1, -0.05) is 20.3 Å². The van der Waals surface area contributed by atoms with Crippen LogP contribution in [0.2, 0.25) is 0 Å². The van der Waals surface area contributed by atoms with E-state index in [4.69, 9.17) is 17.0 Å². The molecule has 2 aliphatic carbocycles. The molecule has 0 amide bonds. The van der Waals surface area contributed by atoms with Crippen molar-refractivity contribution in [2.75, 3.05) is 0 Å². The second kappa shape index (κ2) is 12.9. The first-order valence-corrected chi connectivity index (χ1v) is 12.0. The molecule has 0 spiro atoms. The Balaban J connectivity index is 0.000000270. The Bertz CT molecular complexity index is 279. The molecule has 0 aromatic heterocycles. The zero-order valence-electron chi connectivity index (χ0n) is 10.3. The van der Waals surface area contributed by atoms with E-state index in [1.165, 1.54) is 12.0 Å². The van der Waals surface area contributed by atoms with Gasteiger partial charge in [0.15, 0.2) is 0 Å². The van der Waals surface area contributed by atoms with Crippen LogP contribution in [0.4, 0.5) is 0 Å². The summed E-state index contributed by atoms with van der Waals surface area (Å²) in [5.41, 5.74) is 1.39. The summed E-state index contributed by atoms with van der Waals surface area (Å²) in [6.45, 7) is 4.47. The summed E-state index contributed by atoms with van der Waals surface area (Å²) >= 11 is -0.826. The summed E-state index contributed by atoms with van der Waals surface area (Å²) in [6.07, 6.45) is 19.9. The van der Waals surface area contributed by atoms with Crippen molar-refractivity contribution in [1.82, 2.24) is 0 Å². The molecule has 2 rings (SSSR count). The van der Waals surface area contributed by atoms with Crippen LogP contribution in [0.25, 0.3) is 0 Å². The van der Waals surface area contributed by atoms with Gasteiger partial charge in [-0.3, -0.25) is 12.2 Å². The third kappa shape index (κ3) is 12.7. The zero-order valence-corrected chi connectivity index (χ0v) is 14.3. The van der Waals surface area contributed by atoms with Gasteiger partial charge in [-0.05, 0) is 5.92 Å². The second-order valence-corrected chi connectivity index (χ2v) is 7.71. The fraction of sp³-hybridized carbons (Fsp3) is 0.429. The van der Waals surface area contributed by atoms with E-state index in [1.54, 1.807) is 0 Å². The van der Waals surface area contributed by atoms with Crippen molar-refractivity contribution in [2.24, 2.45) is 5.92 Å². The van der Waals surface area contributed by atoms with E-state index in [-0.39, 0.29) is 0 Å². The molecule has 0 aromatic carbocycles. The summed E-state index contributed by atoms with van der Waals surface area (Å²) < 4.78 is 0. The predicted octanol–water partition coefficient (Wildman–Crippen LogP) is 5.40. The first-order chi connectivity index (χ1) is 8.20. The third-order valence-electron chi connectivity index (χ3n) is 1.98. The Morgan fingerprint density at radius 1 is 1.29 bits per heavy atom. The second-order valence-electron chi connectivity index (χ2n) is 3.98. The van der Waals surface area contributed by atoms with E-state index in [0.717, 1.165) is 18.8 Å². The van der Waals surface area contributed by atoms with E-state index in [0.29, 0.717) is 0 Å². The van der Waals surface area contributed by atoms with Crippen LogP contribution in [-0.4, -0.2) is 0 Å². The van der Waals surface area contributed by atoms with Gasteiger partial charge >= 0.3 is 37.9 Å². The van der Waals surface area contributed by atoms with Crippen LogP contribution >= 0.6 is 17.0 Å². The number of hydrogen-bond acceptors (Lipinski definition) is 0. The Labute approximate surface area is 124 Å². The Morgan fingerprint density at radius 3 is 2.29 bits per heavy atom. The third-order valence-corrected chi connectivity index (χ3v) is 1.98. The number of allylic oxidation sites excluding steroid dienone is 8. The van der Waals surface area contributed by atoms with Crippen molar-refractivity contribution in [3.8, 4) is 0 Å². The summed E-state index contributed by atoms with van der Waals surface area (Å²) in [6, 6.07) is 0. The average Bonchev–Trinajstić information content (AvgIpc) is 2.91. The molecule has 0 fully saturated rings. The van der Waals surface area contributed by atoms with Gasteiger partial charge in [0.05, 0.1) is 0 Å². The molecule has 0 nitrogen and oxygen atoms in total. The van der Waals surface area contributed by atoms with Gasteiger partial charge in [-0.15, -0.1) is 12.8 Å². The first-order valence-electron chi connectivity index (χ1n) is 5.65. The molecule has 3 heteroatoms. The van der Waals surface area contributed by atoms with Crippen LogP contribution in [0, 0.1) is 18.1 Å². The minimum atomic E-state index is -0.826. The van der Waals surface area contributed by atoms with Crippen LogP contribution in [-0.2, 0) is 20.8 Å². The van der Waals surface area contributed by atoms with Crippen molar-refractivity contribution >= 4 is 17.0 Å². The number of hydrogen-bond donors (Lipinski definition) is 0. The SMILES string of the molecule is CC(C)CC1=[C-]CC=C1.[C-]1=CC=CC1.[Cl][Zr+2][Cl]. The van der Waals surface area contributed by atoms with E-state index in [1.807, 2.05) is 12.2 Å². The van der Waals surface area contributed by atoms with E-state index < -0.39 is 20.8 Å². The van der Waals surface area contributed by atoms with Crippen molar-refractivity contribution < 1.29 is 20.8 Å². The summed E-state index contributed by atoms with van der Waals surface area (Å²) in [7, 11) is 9.87. The number of halogens is 2. The van der Waals surface area contributed by atoms with Gasteiger partial charge in [-0.25, -0.2) is 23.8 Å². The monoisotopic (exact) mass is 346 g/mol.